The zero-order chi connectivity index (χ0) is 27.7. The van der Waals surface area contributed by atoms with Crippen LogP contribution in [0.15, 0.2) is 140 Å². The Morgan fingerprint density at radius 2 is 0.949 bits per heavy atom. The summed E-state index contributed by atoms with van der Waals surface area (Å²) in [6.07, 6.45) is 0. The van der Waals surface area contributed by atoms with Gasteiger partial charge in [0.25, 0.3) is 0 Å². The molecule has 0 unspecified atom stereocenters. The third-order valence-corrected chi connectivity index (χ3v) is 5.60. The fourth-order valence-electron chi connectivity index (χ4n) is 3.14. The molecule has 0 atom stereocenters. The normalized spacial score (nSPS) is 9.69. The Labute approximate surface area is 239 Å². The van der Waals surface area contributed by atoms with E-state index in [0.717, 1.165) is 17.1 Å². The maximum atomic E-state index is 10.7. The van der Waals surface area contributed by atoms with Crippen LogP contribution in [0.2, 0.25) is 10.0 Å². The quantitative estimate of drug-likeness (QED) is 0.216. The standard InChI is InChI=1S/C14H12O3.C13H12O.C6H4Cl2/c15-14(16)12-8-6-11(7-9-12)10-17-13-4-2-1-3-5-13;1-3-7-12(8-4-1)11-14-13-9-5-2-6-10-13;7-5-2-1-3-6(8)4-5/h1-9H,10H2,(H,15,16);1-10H,11H2;1-4H. The second-order valence-corrected chi connectivity index (χ2v) is 9.00. The predicted octanol–water partition coefficient (Wildman–Crippen LogP) is 9.22. The number of hydrogen-bond donors (Lipinski definition) is 1. The molecule has 4 nitrogen and oxygen atoms in total. The van der Waals surface area contributed by atoms with Crippen LogP contribution in [-0.4, -0.2) is 11.1 Å². The second-order valence-electron chi connectivity index (χ2n) is 8.13. The molecule has 0 aliphatic carbocycles. The molecule has 5 rings (SSSR count). The molecule has 0 bridgehead atoms. The Bertz CT molecular complexity index is 1320. The van der Waals surface area contributed by atoms with Crippen LogP contribution in [0.4, 0.5) is 0 Å². The van der Waals surface area contributed by atoms with Gasteiger partial charge in [-0.25, -0.2) is 4.79 Å². The van der Waals surface area contributed by atoms with Gasteiger partial charge >= 0.3 is 5.97 Å². The number of benzene rings is 5. The Kier molecular flexibility index (Phi) is 12.4. The monoisotopic (exact) mass is 558 g/mol. The summed E-state index contributed by atoms with van der Waals surface area (Å²) in [6, 6.07) is 43.2. The smallest absolute Gasteiger partial charge is 0.335 e. The number of para-hydroxylation sites is 2. The van der Waals surface area contributed by atoms with Crippen LogP contribution in [0.25, 0.3) is 0 Å². The topological polar surface area (TPSA) is 55.8 Å². The van der Waals surface area contributed by atoms with Crippen molar-refractivity contribution in [2.75, 3.05) is 0 Å². The molecule has 5 aromatic carbocycles. The molecule has 0 saturated carbocycles. The van der Waals surface area contributed by atoms with Gasteiger partial charge in [-0.05, 0) is 65.7 Å². The maximum absolute atomic E-state index is 10.7. The number of aromatic carboxylic acids is 1. The van der Waals surface area contributed by atoms with E-state index in [9.17, 15) is 4.79 Å². The fourth-order valence-corrected chi connectivity index (χ4v) is 3.58. The van der Waals surface area contributed by atoms with Gasteiger partial charge in [0.2, 0.25) is 0 Å². The maximum Gasteiger partial charge on any atom is 0.335 e. The van der Waals surface area contributed by atoms with E-state index in [2.05, 4.69) is 12.1 Å². The molecule has 5 aromatic rings. The highest BCUT2D eigenvalue weighted by Gasteiger charge is 2.02. The lowest BCUT2D eigenvalue weighted by Crippen LogP contribution is -1.98. The highest BCUT2D eigenvalue weighted by atomic mass is 35.5. The van der Waals surface area contributed by atoms with Crippen molar-refractivity contribution in [3.05, 3.63) is 166 Å². The van der Waals surface area contributed by atoms with Gasteiger partial charge in [-0.1, -0.05) is 108 Å². The van der Waals surface area contributed by atoms with Crippen LogP contribution in [-0.2, 0) is 13.2 Å². The lowest BCUT2D eigenvalue weighted by atomic mass is 10.1. The second kappa shape index (κ2) is 16.6. The molecule has 0 aliphatic rings. The van der Waals surface area contributed by atoms with E-state index >= 15 is 0 Å². The van der Waals surface area contributed by atoms with Crippen molar-refractivity contribution < 1.29 is 19.4 Å². The van der Waals surface area contributed by atoms with E-state index in [1.54, 1.807) is 42.5 Å². The molecule has 6 heteroatoms. The van der Waals surface area contributed by atoms with E-state index in [1.807, 2.05) is 84.9 Å². The molecule has 198 valence electrons. The lowest BCUT2D eigenvalue weighted by Gasteiger charge is -2.06. The van der Waals surface area contributed by atoms with Crippen molar-refractivity contribution in [1.82, 2.24) is 0 Å². The fraction of sp³-hybridized carbons (Fsp3) is 0.0606. The van der Waals surface area contributed by atoms with E-state index in [-0.39, 0.29) is 5.56 Å². The number of hydrogen-bond acceptors (Lipinski definition) is 3. The Balaban J connectivity index is 0.000000172. The first kappa shape index (κ1) is 29.3. The minimum atomic E-state index is -0.916. The van der Waals surface area contributed by atoms with Gasteiger partial charge in [-0.2, -0.15) is 0 Å². The van der Waals surface area contributed by atoms with E-state index in [4.69, 9.17) is 37.8 Å². The SMILES string of the molecule is Clc1cccc(Cl)c1.O=C(O)c1ccc(COc2ccccc2)cc1.c1ccc(COc2ccccc2)cc1. The average Bonchev–Trinajstić information content (AvgIpc) is 2.97. The first-order chi connectivity index (χ1) is 19.0. The van der Waals surface area contributed by atoms with Gasteiger partial charge in [-0.15, -0.1) is 0 Å². The summed E-state index contributed by atoms with van der Waals surface area (Å²) in [5.41, 5.74) is 2.42. The number of rotatable bonds is 7. The number of carboxylic acid groups (broad SMARTS) is 1. The molecule has 0 aromatic heterocycles. The summed E-state index contributed by atoms with van der Waals surface area (Å²) in [6.45, 7) is 1.06. The molecular formula is C33H28Cl2O4. The van der Waals surface area contributed by atoms with E-state index < -0.39 is 5.97 Å². The van der Waals surface area contributed by atoms with E-state index in [1.165, 1.54) is 5.56 Å². The third kappa shape index (κ3) is 11.8. The van der Waals surface area contributed by atoms with Crippen LogP contribution in [0, 0.1) is 0 Å². The minimum Gasteiger partial charge on any atom is -0.489 e. The number of halogens is 2. The Morgan fingerprint density at radius 3 is 1.33 bits per heavy atom. The van der Waals surface area contributed by atoms with E-state index in [0.29, 0.717) is 23.3 Å². The largest absolute Gasteiger partial charge is 0.489 e. The summed E-state index contributed by atoms with van der Waals surface area (Å²) in [5, 5.41) is 10.1. The van der Waals surface area contributed by atoms with Gasteiger partial charge < -0.3 is 14.6 Å². The van der Waals surface area contributed by atoms with Gasteiger partial charge in [0.05, 0.1) is 5.56 Å². The molecular weight excluding hydrogens is 531 g/mol. The van der Waals surface area contributed by atoms with Crippen LogP contribution in [0.3, 0.4) is 0 Å². The summed E-state index contributed by atoms with van der Waals surface area (Å²) in [4.78, 5) is 10.7. The molecule has 0 radical (unpaired) electrons. The molecule has 0 fully saturated rings. The zero-order valence-corrected chi connectivity index (χ0v) is 22.6. The van der Waals surface area contributed by atoms with Crippen LogP contribution >= 0.6 is 23.2 Å². The summed E-state index contributed by atoms with van der Waals surface area (Å²) in [7, 11) is 0. The van der Waals surface area contributed by atoms with Crippen LogP contribution in [0.1, 0.15) is 21.5 Å². The first-order valence-electron chi connectivity index (χ1n) is 12.1. The highest BCUT2D eigenvalue weighted by Crippen LogP contribution is 2.14. The van der Waals surface area contributed by atoms with Gasteiger partial charge in [0.15, 0.2) is 0 Å². The highest BCUT2D eigenvalue weighted by molar-refractivity contribution is 6.34. The zero-order valence-electron chi connectivity index (χ0n) is 21.1. The van der Waals surface area contributed by atoms with Crippen molar-refractivity contribution >= 4 is 29.2 Å². The predicted molar refractivity (Wildman–Crippen MR) is 158 cm³/mol. The lowest BCUT2D eigenvalue weighted by molar-refractivity contribution is 0.0697. The molecule has 39 heavy (non-hydrogen) atoms. The van der Waals surface area contributed by atoms with Gasteiger partial charge in [0, 0.05) is 10.0 Å². The molecule has 0 saturated heterocycles. The van der Waals surface area contributed by atoms with Crippen molar-refractivity contribution in [2.24, 2.45) is 0 Å². The third-order valence-electron chi connectivity index (χ3n) is 5.13. The molecule has 0 amide bonds. The van der Waals surface area contributed by atoms with Crippen molar-refractivity contribution in [2.45, 2.75) is 13.2 Å². The number of ether oxygens (including phenoxy) is 2. The molecule has 0 spiro atoms. The van der Waals surface area contributed by atoms with Crippen molar-refractivity contribution in [3.8, 4) is 11.5 Å². The molecule has 1 N–H and O–H groups in total. The number of carbonyl (C=O) groups is 1. The van der Waals surface area contributed by atoms with Crippen molar-refractivity contribution in [3.63, 3.8) is 0 Å². The van der Waals surface area contributed by atoms with Crippen LogP contribution in [0.5, 0.6) is 11.5 Å². The first-order valence-corrected chi connectivity index (χ1v) is 12.9. The van der Waals surface area contributed by atoms with Crippen molar-refractivity contribution in [1.29, 1.82) is 0 Å². The van der Waals surface area contributed by atoms with Gasteiger partial charge in [-0.3, -0.25) is 0 Å². The number of carboxylic acids is 1. The Morgan fingerprint density at radius 1 is 0.538 bits per heavy atom. The minimum absolute atomic E-state index is 0.286. The van der Waals surface area contributed by atoms with Gasteiger partial charge in [0.1, 0.15) is 24.7 Å². The summed E-state index contributed by atoms with van der Waals surface area (Å²) < 4.78 is 11.1. The summed E-state index contributed by atoms with van der Waals surface area (Å²) >= 11 is 11.1. The average molecular weight is 559 g/mol. The summed E-state index contributed by atoms with van der Waals surface area (Å²) in [5.74, 6) is 0.798. The Hall–Kier alpha value is -4.25. The molecule has 0 aliphatic heterocycles. The van der Waals surface area contributed by atoms with Crippen LogP contribution < -0.4 is 9.47 Å². The molecule has 0 heterocycles.